The minimum Gasteiger partial charge on any atom is -0.353 e. The number of benzene rings is 1. The molecule has 0 aromatic heterocycles. The van der Waals surface area contributed by atoms with Crippen LogP contribution in [-0.2, 0) is 4.79 Å². The SMILES string of the molecule is CCC(=O)NC1CCN(C(=O)c2cc(Br)ccc2Br)CC1. The first kappa shape index (κ1) is 16.5. The third-order valence-corrected chi connectivity index (χ3v) is 4.81. The third-order valence-electron chi connectivity index (χ3n) is 3.63. The lowest BCUT2D eigenvalue weighted by atomic mass is 10.0. The van der Waals surface area contributed by atoms with Crippen LogP contribution < -0.4 is 5.32 Å². The summed E-state index contributed by atoms with van der Waals surface area (Å²) in [7, 11) is 0. The zero-order valence-electron chi connectivity index (χ0n) is 11.9. The van der Waals surface area contributed by atoms with Gasteiger partial charge in [-0.1, -0.05) is 22.9 Å². The summed E-state index contributed by atoms with van der Waals surface area (Å²) in [5.41, 5.74) is 0.667. The molecular weight excluding hydrogens is 400 g/mol. The van der Waals surface area contributed by atoms with Gasteiger partial charge in [0.2, 0.25) is 5.91 Å². The molecule has 6 heteroatoms. The molecule has 114 valence electrons. The highest BCUT2D eigenvalue weighted by Gasteiger charge is 2.25. The maximum absolute atomic E-state index is 12.5. The van der Waals surface area contributed by atoms with Crippen LogP contribution in [0.3, 0.4) is 0 Å². The molecule has 0 saturated carbocycles. The van der Waals surface area contributed by atoms with Gasteiger partial charge in [0.05, 0.1) is 5.56 Å². The van der Waals surface area contributed by atoms with Crippen molar-refractivity contribution in [3.05, 3.63) is 32.7 Å². The molecule has 4 nitrogen and oxygen atoms in total. The van der Waals surface area contributed by atoms with Gasteiger partial charge in [-0.15, -0.1) is 0 Å². The Bertz CT molecular complexity index is 540. The average molecular weight is 418 g/mol. The molecule has 2 rings (SSSR count). The van der Waals surface area contributed by atoms with Crippen LogP contribution in [0, 0.1) is 0 Å². The van der Waals surface area contributed by atoms with Crippen LogP contribution in [0.4, 0.5) is 0 Å². The predicted octanol–water partition coefficient (Wildman–Crippen LogP) is 3.34. The van der Waals surface area contributed by atoms with Gasteiger partial charge in [0.1, 0.15) is 0 Å². The Morgan fingerprint density at radius 2 is 1.95 bits per heavy atom. The van der Waals surface area contributed by atoms with E-state index in [0.717, 1.165) is 21.8 Å². The zero-order chi connectivity index (χ0) is 15.4. The molecule has 0 unspecified atom stereocenters. The Morgan fingerprint density at radius 3 is 2.57 bits per heavy atom. The fraction of sp³-hybridized carbons (Fsp3) is 0.467. The minimum absolute atomic E-state index is 0.0310. The van der Waals surface area contributed by atoms with E-state index in [4.69, 9.17) is 0 Å². The van der Waals surface area contributed by atoms with Gasteiger partial charge >= 0.3 is 0 Å². The van der Waals surface area contributed by atoms with Gasteiger partial charge in [0, 0.05) is 34.5 Å². The minimum atomic E-state index is 0.0310. The number of hydrogen-bond acceptors (Lipinski definition) is 2. The maximum atomic E-state index is 12.5. The number of carbonyl (C=O) groups is 2. The number of halogens is 2. The fourth-order valence-electron chi connectivity index (χ4n) is 2.39. The molecule has 0 spiro atoms. The Hall–Kier alpha value is -0.880. The van der Waals surface area contributed by atoms with Gasteiger partial charge in [-0.05, 0) is 47.0 Å². The second-order valence-electron chi connectivity index (χ2n) is 5.11. The molecule has 1 aromatic carbocycles. The van der Waals surface area contributed by atoms with Crippen molar-refractivity contribution < 1.29 is 9.59 Å². The summed E-state index contributed by atoms with van der Waals surface area (Å²) >= 11 is 6.82. The molecule has 1 fully saturated rings. The summed E-state index contributed by atoms with van der Waals surface area (Å²) in [6.45, 7) is 3.19. The average Bonchev–Trinajstić information content (AvgIpc) is 2.49. The van der Waals surface area contributed by atoms with Gasteiger partial charge in [-0.25, -0.2) is 0 Å². The van der Waals surface area contributed by atoms with Crippen LogP contribution in [0.15, 0.2) is 27.1 Å². The van der Waals surface area contributed by atoms with Gasteiger partial charge in [-0.2, -0.15) is 0 Å². The maximum Gasteiger partial charge on any atom is 0.255 e. The smallest absolute Gasteiger partial charge is 0.255 e. The molecule has 0 radical (unpaired) electrons. The van der Waals surface area contributed by atoms with Crippen molar-refractivity contribution in [1.82, 2.24) is 10.2 Å². The van der Waals surface area contributed by atoms with Gasteiger partial charge in [0.25, 0.3) is 5.91 Å². The van der Waals surface area contributed by atoms with E-state index >= 15 is 0 Å². The summed E-state index contributed by atoms with van der Waals surface area (Å²) < 4.78 is 1.69. The van der Waals surface area contributed by atoms with Crippen LogP contribution in [0.25, 0.3) is 0 Å². The van der Waals surface area contributed by atoms with E-state index in [1.54, 1.807) is 0 Å². The van der Waals surface area contributed by atoms with E-state index in [-0.39, 0.29) is 17.9 Å². The first-order chi connectivity index (χ1) is 10.0. The van der Waals surface area contributed by atoms with Gasteiger partial charge < -0.3 is 10.2 Å². The van der Waals surface area contributed by atoms with E-state index in [2.05, 4.69) is 37.2 Å². The third kappa shape index (κ3) is 4.30. The second kappa shape index (κ2) is 7.40. The molecule has 1 aromatic rings. The van der Waals surface area contributed by atoms with E-state index in [9.17, 15) is 9.59 Å². The lowest BCUT2D eigenvalue weighted by Crippen LogP contribution is -2.46. The van der Waals surface area contributed by atoms with Crippen molar-refractivity contribution in [3.8, 4) is 0 Å². The van der Waals surface area contributed by atoms with Crippen molar-refractivity contribution in [2.75, 3.05) is 13.1 Å². The molecule has 0 atom stereocenters. The highest BCUT2D eigenvalue weighted by Crippen LogP contribution is 2.24. The number of nitrogens with zero attached hydrogens (tertiary/aromatic N) is 1. The molecule has 2 amide bonds. The molecule has 21 heavy (non-hydrogen) atoms. The lowest BCUT2D eigenvalue weighted by Gasteiger charge is -2.32. The molecule has 1 heterocycles. The monoisotopic (exact) mass is 416 g/mol. The van der Waals surface area contributed by atoms with E-state index in [1.807, 2.05) is 30.0 Å². The van der Waals surface area contributed by atoms with Crippen molar-refractivity contribution in [1.29, 1.82) is 0 Å². The molecule has 1 aliphatic heterocycles. The molecule has 0 bridgehead atoms. The molecule has 1 saturated heterocycles. The Balaban J connectivity index is 1.97. The van der Waals surface area contributed by atoms with Crippen LogP contribution in [0.5, 0.6) is 0 Å². The fourth-order valence-corrected chi connectivity index (χ4v) is 3.17. The van der Waals surface area contributed by atoms with Crippen LogP contribution >= 0.6 is 31.9 Å². The Kier molecular flexibility index (Phi) is 5.81. The summed E-state index contributed by atoms with van der Waals surface area (Å²) in [4.78, 5) is 25.8. The van der Waals surface area contributed by atoms with Crippen molar-refractivity contribution in [3.63, 3.8) is 0 Å². The van der Waals surface area contributed by atoms with Crippen molar-refractivity contribution in [2.24, 2.45) is 0 Å². The second-order valence-corrected chi connectivity index (χ2v) is 6.88. The molecular formula is C15H18Br2N2O2. The summed E-state index contributed by atoms with van der Waals surface area (Å²) in [6, 6.07) is 5.78. The number of piperidine rings is 1. The van der Waals surface area contributed by atoms with Gasteiger partial charge in [-0.3, -0.25) is 9.59 Å². The molecule has 1 N–H and O–H groups in total. The quantitative estimate of drug-likeness (QED) is 0.819. The molecule has 0 aliphatic carbocycles. The van der Waals surface area contributed by atoms with Crippen molar-refractivity contribution in [2.45, 2.75) is 32.2 Å². The van der Waals surface area contributed by atoms with E-state index in [0.29, 0.717) is 25.1 Å². The predicted molar refractivity (Wildman–Crippen MR) is 89.2 cm³/mol. The Labute approximate surface area is 141 Å². The normalized spacial score (nSPS) is 15.9. The van der Waals surface area contributed by atoms with E-state index < -0.39 is 0 Å². The van der Waals surface area contributed by atoms with Crippen LogP contribution in [0.2, 0.25) is 0 Å². The number of carbonyl (C=O) groups excluding carboxylic acids is 2. The largest absolute Gasteiger partial charge is 0.353 e. The number of amides is 2. The van der Waals surface area contributed by atoms with Gasteiger partial charge in [0.15, 0.2) is 0 Å². The zero-order valence-corrected chi connectivity index (χ0v) is 15.0. The number of nitrogens with one attached hydrogen (secondary N) is 1. The number of rotatable bonds is 3. The van der Waals surface area contributed by atoms with Crippen LogP contribution in [-0.4, -0.2) is 35.8 Å². The lowest BCUT2D eigenvalue weighted by molar-refractivity contribution is -0.121. The first-order valence-electron chi connectivity index (χ1n) is 7.05. The topological polar surface area (TPSA) is 49.4 Å². The number of hydrogen-bond donors (Lipinski definition) is 1. The summed E-state index contributed by atoms with van der Waals surface area (Å²) in [5, 5.41) is 2.99. The first-order valence-corrected chi connectivity index (χ1v) is 8.63. The molecule has 1 aliphatic rings. The summed E-state index contributed by atoms with van der Waals surface area (Å²) in [6.07, 6.45) is 2.12. The highest BCUT2D eigenvalue weighted by molar-refractivity contribution is 9.11. The van der Waals surface area contributed by atoms with Crippen LogP contribution in [0.1, 0.15) is 36.5 Å². The standard InChI is InChI=1S/C15H18Br2N2O2/c1-2-14(20)18-11-5-7-19(8-6-11)15(21)12-9-10(16)3-4-13(12)17/h3-4,9,11H,2,5-8H2,1H3,(H,18,20). The van der Waals surface area contributed by atoms with Crippen molar-refractivity contribution >= 4 is 43.7 Å². The number of likely N-dealkylation sites (tertiary alicyclic amines) is 1. The Morgan fingerprint density at radius 1 is 1.29 bits per heavy atom. The van der Waals surface area contributed by atoms with E-state index in [1.165, 1.54) is 0 Å². The highest BCUT2D eigenvalue weighted by atomic mass is 79.9. The summed E-state index contributed by atoms with van der Waals surface area (Å²) in [5.74, 6) is 0.109.